The van der Waals surface area contributed by atoms with Gasteiger partial charge in [-0.25, -0.2) is 0 Å². The van der Waals surface area contributed by atoms with Gasteiger partial charge in [-0.2, -0.15) is 0 Å². The van der Waals surface area contributed by atoms with Crippen molar-refractivity contribution < 1.29 is 14.3 Å². The Balaban J connectivity index is 1.65. The summed E-state index contributed by atoms with van der Waals surface area (Å²) >= 11 is 0. The fraction of sp³-hybridized carbons (Fsp3) is 0.611. The maximum atomic E-state index is 12.7. The molecule has 4 nitrogen and oxygen atoms in total. The molecule has 1 saturated heterocycles. The molecule has 2 fully saturated rings. The van der Waals surface area contributed by atoms with Gasteiger partial charge < -0.3 is 14.4 Å². The Kier molecular flexibility index (Phi) is 4.67. The topological polar surface area (TPSA) is 38.8 Å². The van der Waals surface area contributed by atoms with Crippen molar-refractivity contribution >= 4 is 5.91 Å². The summed E-state index contributed by atoms with van der Waals surface area (Å²) in [6, 6.07) is 8.18. The fourth-order valence-corrected chi connectivity index (χ4v) is 3.01. The lowest BCUT2D eigenvalue weighted by Crippen LogP contribution is -2.38. The Morgan fingerprint density at radius 1 is 1.36 bits per heavy atom. The molecule has 1 aliphatic carbocycles. The second kappa shape index (κ2) is 6.69. The number of amides is 1. The third-order valence-corrected chi connectivity index (χ3v) is 4.27. The molecule has 0 radical (unpaired) electrons. The Bertz CT molecular complexity index is 517. The minimum Gasteiger partial charge on any atom is -0.491 e. The van der Waals surface area contributed by atoms with Gasteiger partial charge in [0.05, 0.1) is 6.10 Å². The molecule has 2 aliphatic rings. The first-order valence-corrected chi connectivity index (χ1v) is 8.32. The van der Waals surface area contributed by atoms with Gasteiger partial charge >= 0.3 is 0 Å². The van der Waals surface area contributed by atoms with E-state index in [0.717, 1.165) is 38.0 Å². The Morgan fingerprint density at radius 2 is 2.18 bits per heavy atom. The van der Waals surface area contributed by atoms with Crippen LogP contribution in [0.2, 0.25) is 0 Å². The zero-order valence-corrected chi connectivity index (χ0v) is 13.5. The van der Waals surface area contributed by atoms with E-state index in [1.165, 1.54) is 0 Å². The van der Waals surface area contributed by atoms with Crippen LogP contribution in [0.1, 0.15) is 49.9 Å². The number of hydrogen-bond acceptors (Lipinski definition) is 3. The Morgan fingerprint density at radius 3 is 2.82 bits per heavy atom. The van der Waals surface area contributed by atoms with Crippen LogP contribution in [0.25, 0.3) is 0 Å². The van der Waals surface area contributed by atoms with Crippen LogP contribution in [0, 0.1) is 0 Å². The van der Waals surface area contributed by atoms with E-state index in [-0.39, 0.29) is 18.1 Å². The van der Waals surface area contributed by atoms with E-state index >= 15 is 0 Å². The summed E-state index contributed by atoms with van der Waals surface area (Å²) in [4.78, 5) is 14.7. The predicted molar refractivity (Wildman–Crippen MR) is 85.2 cm³/mol. The average molecular weight is 303 g/mol. The second-order valence-corrected chi connectivity index (χ2v) is 6.51. The molecule has 0 bridgehead atoms. The van der Waals surface area contributed by atoms with Gasteiger partial charge in [0.1, 0.15) is 12.4 Å². The van der Waals surface area contributed by atoms with Crippen molar-refractivity contribution in [1.29, 1.82) is 0 Å². The van der Waals surface area contributed by atoms with Crippen LogP contribution in [-0.4, -0.2) is 42.2 Å². The largest absolute Gasteiger partial charge is 0.491 e. The number of carbonyl (C=O) groups is 1. The molecule has 3 rings (SSSR count). The van der Waals surface area contributed by atoms with E-state index in [1.54, 1.807) is 0 Å². The van der Waals surface area contributed by atoms with Crippen LogP contribution < -0.4 is 4.74 Å². The lowest BCUT2D eigenvalue weighted by atomic mass is 10.1. The van der Waals surface area contributed by atoms with Crippen molar-refractivity contribution in [3.8, 4) is 5.75 Å². The summed E-state index contributed by atoms with van der Waals surface area (Å²) in [5, 5.41) is 0. The first-order valence-electron chi connectivity index (χ1n) is 8.32. The first-order chi connectivity index (χ1) is 10.6. The fourth-order valence-electron chi connectivity index (χ4n) is 3.01. The molecule has 0 spiro atoms. The van der Waals surface area contributed by atoms with Crippen molar-refractivity contribution in [3.05, 3.63) is 29.8 Å². The molecule has 120 valence electrons. The monoisotopic (exact) mass is 303 g/mol. The number of hydrogen-bond donors (Lipinski definition) is 0. The summed E-state index contributed by atoms with van der Waals surface area (Å²) in [6.07, 6.45) is 4.61. The van der Waals surface area contributed by atoms with Gasteiger partial charge in [0.15, 0.2) is 0 Å². The van der Waals surface area contributed by atoms with Crippen molar-refractivity contribution in [2.24, 2.45) is 0 Å². The molecule has 0 aromatic heterocycles. The highest BCUT2D eigenvalue weighted by molar-refractivity contribution is 5.95. The molecule has 0 N–H and O–H groups in total. The third-order valence-electron chi connectivity index (χ3n) is 4.27. The van der Waals surface area contributed by atoms with Gasteiger partial charge in [-0.1, -0.05) is 6.07 Å². The third kappa shape index (κ3) is 3.61. The molecule has 1 aromatic carbocycles. The summed E-state index contributed by atoms with van der Waals surface area (Å²) in [7, 11) is 0. The van der Waals surface area contributed by atoms with E-state index < -0.39 is 0 Å². The zero-order valence-electron chi connectivity index (χ0n) is 13.5. The van der Waals surface area contributed by atoms with E-state index in [1.807, 2.05) is 29.2 Å². The van der Waals surface area contributed by atoms with Crippen molar-refractivity contribution in [2.75, 3.05) is 13.2 Å². The van der Waals surface area contributed by atoms with Crippen LogP contribution in [0.3, 0.4) is 0 Å². The first kappa shape index (κ1) is 15.3. The normalized spacial score (nSPS) is 21.1. The molecule has 4 heteroatoms. The lowest BCUT2D eigenvalue weighted by Gasteiger charge is -2.27. The molecule has 1 aliphatic heterocycles. The molecule has 1 amide bonds. The minimum atomic E-state index is 0.111. The van der Waals surface area contributed by atoms with Gasteiger partial charge in [-0.15, -0.1) is 0 Å². The highest BCUT2D eigenvalue weighted by Gasteiger charge is 2.34. The number of carbonyl (C=O) groups excluding carboxylic acids is 1. The number of benzene rings is 1. The summed E-state index contributed by atoms with van der Waals surface area (Å²) in [6.45, 7) is 5.55. The number of nitrogens with zero attached hydrogens (tertiary/aromatic N) is 1. The van der Waals surface area contributed by atoms with E-state index in [4.69, 9.17) is 9.47 Å². The van der Waals surface area contributed by atoms with Gasteiger partial charge in [-0.05, 0) is 57.7 Å². The Hall–Kier alpha value is -1.55. The summed E-state index contributed by atoms with van der Waals surface area (Å²) in [5.41, 5.74) is 0.713. The molecule has 22 heavy (non-hydrogen) atoms. The standard InChI is InChI=1S/C18H25NO3/c1-13(2)19(15-8-9-15)18(20)14-5-3-6-16(11-14)22-12-17-7-4-10-21-17/h3,5-6,11,13,15,17H,4,7-10,12H2,1-2H3. The maximum absolute atomic E-state index is 12.7. The molecular formula is C18H25NO3. The SMILES string of the molecule is CC(C)N(C(=O)c1cccc(OCC2CCCO2)c1)C1CC1. The second-order valence-electron chi connectivity index (χ2n) is 6.51. The van der Waals surface area contributed by atoms with Gasteiger partial charge in [0.2, 0.25) is 0 Å². The highest BCUT2D eigenvalue weighted by atomic mass is 16.5. The summed E-state index contributed by atoms with van der Waals surface area (Å²) in [5.74, 6) is 0.862. The van der Waals surface area contributed by atoms with Crippen molar-refractivity contribution in [3.63, 3.8) is 0 Å². The molecular weight excluding hydrogens is 278 g/mol. The quantitative estimate of drug-likeness (QED) is 0.809. The minimum absolute atomic E-state index is 0.111. The molecule has 1 unspecified atom stereocenters. The van der Waals surface area contributed by atoms with Crippen LogP contribution in [0.15, 0.2) is 24.3 Å². The predicted octanol–water partition coefficient (Wildman–Crippen LogP) is 3.26. The van der Waals surface area contributed by atoms with Crippen LogP contribution in [-0.2, 0) is 4.74 Å². The van der Waals surface area contributed by atoms with Gasteiger partial charge in [0, 0.05) is 24.3 Å². The zero-order chi connectivity index (χ0) is 15.5. The van der Waals surface area contributed by atoms with E-state index in [0.29, 0.717) is 18.2 Å². The van der Waals surface area contributed by atoms with E-state index in [9.17, 15) is 4.79 Å². The smallest absolute Gasteiger partial charge is 0.254 e. The lowest BCUT2D eigenvalue weighted by molar-refractivity contribution is 0.0670. The van der Waals surface area contributed by atoms with Crippen LogP contribution >= 0.6 is 0 Å². The maximum Gasteiger partial charge on any atom is 0.254 e. The molecule has 1 saturated carbocycles. The molecule has 1 aromatic rings. The van der Waals surface area contributed by atoms with E-state index in [2.05, 4.69) is 13.8 Å². The van der Waals surface area contributed by atoms with Crippen molar-refractivity contribution in [2.45, 2.75) is 57.7 Å². The summed E-state index contributed by atoms with van der Waals surface area (Å²) < 4.78 is 11.4. The molecule has 1 heterocycles. The highest BCUT2D eigenvalue weighted by Crippen LogP contribution is 2.30. The molecule has 1 atom stereocenters. The van der Waals surface area contributed by atoms with Crippen LogP contribution in [0.5, 0.6) is 5.75 Å². The number of rotatable bonds is 6. The van der Waals surface area contributed by atoms with Crippen LogP contribution in [0.4, 0.5) is 0 Å². The van der Waals surface area contributed by atoms with Crippen molar-refractivity contribution in [1.82, 2.24) is 4.90 Å². The number of ether oxygens (including phenoxy) is 2. The van der Waals surface area contributed by atoms with Gasteiger partial charge in [-0.3, -0.25) is 4.79 Å². The Labute approximate surface area is 132 Å². The van der Waals surface area contributed by atoms with Gasteiger partial charge in [0.25, 0.3) is 5.91 Å². The average Bonchev–Trinajstić information content (AvgIpc) is 3.19.